The van der Waals surface area contributed by atoms with Crippen molar-refractivity contribution in [3.05, 3.63) is 88.3 Å². The first-order chi connectivity index (χ1) is 12.4. The lowest BCUT2D eigenvalue weighted by atomic mass is 9.98. The Labute approximate surface area is 146 Å². The maximum Gasteiger partial charge on any atom is 0.416 e. The van der Waals surface area contributed by atoms with Crippen LogP contribution in [0.5, 0.6) is 0 Å². The van der Waals surface area contributed by atoms with Gasteiger partial charge in [-0.2, -0.15) is 13.2 Å². The van der Waals surface area contributed by atoms with Crippen molar-refractivity contribution in [2.75, 3.05) is 5.32 Å². The molecule has 3 rings (SSSR count). The Morgan fingerprint density at radius 2 is 1.65 bits per heavy atom. The molecule has 0 aliphatic rings. The summed E-state index contributed by atoms with van der Waals surface area (Å²) in [6.07, 6.45) is -1.63. The van der Waals surface area contributed by atoms with Gasteiger partial charge in [-0.15, -0.1) is 0 Å². The zero-order chi connectivity index (χ0) is 18.7. The van der Waals surface area contributed by atoms with Gasteiger partial charge in [0.15, 0.2) is 0 Å². The standard InChI is InChI=1S/C19H13F3N2O2/c20-19(21,22)13-7-5-12(6-8-13)14-3-1-2-4-15(14)18(26)24-16-11-23-10-9-17(16)25/h1-11H,(H,23,25)(H,24,26). The van der Waals surface area contributed by atoms with Crippen LogP contribution >= 0.6 is 0 Å². The van der Waals surface area contributed by atoms with Crippen molar-refractivity contribution in [2.24, 2.45) is 0 Å². The molecular weight excluding hydrogens is 345 g/mol. The third kappa shape index (κ3) is 3.66. The molecule has 0 bridgehead atoms. The van der Waals surface area contributed by atoms with Crippen LogP contribution in [0.1, 0.15) is 15.9 Å². The third-order valence-corrected chi connectivity index (χ3v) is 3.77. The van der Waals surface area contributed by atoms with Crippen LogP contribution in [0.4, 0.5) is 18.9 Å². The molecule has 1 amide bonds. The molecular formula is C19H13F3N2O2. The van der Waals surface area contributed by atoms with Gasteiger partial charge in [0.25, 0.3) is 5.91 Å². The molecule has 0 radical (unpaired) electrons. The average molecular weight is 358 g/mol. The zero-order valence-corrected chi connectivity index (χ0v) is 13.3. The maximum atomic E-state index is 12.7. The van der Waals surface area contributed by atoms with Gasteiger partial charge in [-0.3, -0.25) is 9.59 Å². The smallest absolute Gasteiger partial charge is 0.366 e. The first-order valence-electron chi connectivity index (χ1n) is 7.61. The highest BCUT2D eigenvalue weighted by Crippen LogP contribution is 2.32. The molecule has 1 heterocycles. The number of nitrogens with one attached hydrogen (secondary N) is 2. The summed E-state index contributed by atoms with van der Waals surface area (Å²) in [6, 6.07) is 12.3. The van der Waals surface area contributed by atoms with Crippen molar-refractivity contribution >= 4 is 11.6 Å². The summed E-state index contributed by atoms with van der Waals surface area (Å²) in [6.45, 7) is 0. The largest absolute Gasteiger partial charge is 0.416 e. The number of carbonyl (C=O) groups is 1. The van der Waals surface area contributed by atoms with Gasteiger partial charge < -0.3 is 10.3 Å². The second kappa shape index (κ2) is 6.87. The molecule has 2 N–H and O–H groups in total. The molecule has 3 aromatic rings. The summed E-state index contributed by atoms with van der Waals surface area (Å²) in [5.74, 6) is -0.530. The molecule has 0 fully saturated rings. The lowest BCUT2D eigenvalue weighted by Gasteiger charge is -2.11. The van der Waals surface area contributed by atoms with Gasteiger partial charge in [-0.25, -0.2) is 0 Å². The Morgan fingerprint density at radius 3 is 2.31 bits per heavy atom. The molecule has 0 saturated carbocycles. The van der Waals surface area contributed by atoms with E-state index in [-0.39, 0.29) is 16.7 Å². The zero-order valence-electron chi connectivity index (χ0n) is 13.3. The number of alkyl halides is 3. The third-order valence-electron chi connectivity index (χ3n) is 3.77. The lowest BCUT2D eigenvalue weighted by molar-refractivity contribution is -0.137. The minimum atomic E-state index is -4.43. The molecule has 0 atom stereocenters. The molecule has 0 spiro atoms. The summed E-state index contributed by atoms with van der Waals surface area (Å²) < 4.78 is 38.1. The van der Waals surface area contributed by atoms with E-state index in [1.54, 1.807) is 24.3 Å². The van der Waals surface area contributed by atoms with E-state index >= 15 is 0 Å². The van der Waals surface area contributed by atoms with Crippen LogP contribution in [0.2, 0.25) is 0 Å². The van der Waals surface area contributed by atoms with Gasteiger partial charge >= 0.3 is 6.18 Å². The molecule has 7 heteroatoms. The predicted octanol–water partition coefficient (Wildman–Crippen LogP) is 4.31. The second-order valence-corrected chi connectivity index (χ2v) is 5.50. The molecule has 4 nitrogen and oxygen atoms in total. The van der Waals surface area contributed by atoms with Gasteiger partial charge in [0, 0.05) is 24.0 Å². The highest BCUT2D eigenvalue weighted by molar-refractivity contribution is 6.08. The number of carbonyl (C=O) groups excluding carboxylic acids is 1. The van der Waals surface area contributed by atoms with Crippen molar-refractivity contribution in [3.63, 3.8) is 0 Å². The van der Waals surface area contributed by atoms with Gasteiger partial charge in [0.2, 0.25) is 5.43 Å². The van der Waals surface area contributed by atoms with Crippen LogP contribution in [-0.4, -0.2) is 10.9 Å². The van der Waals surface area contributed by atoms with Gasteiger partial charge in [-0.1, -0.05) is 30.3 Å². The van der Waals surface area contributed by atoms with Crippen LogP contribution in [0.3, 0.4) is 0 Å². The number of hydrogen-bond acceptors (Lipinski definition) is 2. The van der Waals surface area contributed by atoms with E-state index < -0.39 is 17.6 Å². The number of anilines is 1. The summed E-state index contributed by atoms with van der Waals surface area (Å²) in [5, 5.41) is 2.51. The molecule has 26 heavy (non-hydrogen) atoms. The summed E-state index contributed by atoms with van der Waals surface area (Å²) in [7, 11) is 0. The van der Waals surface area contributed by atoms with E-state index in [1.165, 1.54) is 30.6 Å². The number of aromatic amines is 1. The number of H-pyrrole nitrogens is 1. The number of pyridine rings is 1. The van der Waals surface area contributed by atoms with E-state index in [1.807, 2.05) is 0 Å². The SMILES string of the molecule is O=C(Nc1c[nH]ccc1=O)c1ccccc1-c1ccc(C(F)(F)F)cc1. The lowest BCUT2D eigenvalue weighted by Crippen LogP contribution is -2.18. The van der Waals surface area contributed by atoms with Gasteiger partial charge in [0.1, 0.15) is 5.69 Å². The minimum absolute atomic E-state index is 0.0831. The number of benzene rings is 2. The Bertz CT molecular complexity index is 992. The van der Waals surface area contributed by atoms with Crippen LogP contribution in [0.25, 0.3) is 11.1 Å². The van der Waals surface area contributed by atoms with E-state index in [4.69, 9.17) is 0 Å². The van der Waals surface area contributed by atoms with Crippen molar-refractivity contribution in [2.45, 2.75) is 6.18 Å². The molecule has 132 valence electrons. The maximum absolute atomic E-state index is 12.7. The first-order valence-corrected chi connectivity index (χ1v) is 7.61. The van der Waals surface area contributed by atoms with Gasteiger partial charge in [0.05, 0.1) is 5.56 Å². The Hall–Kier alpha value is -3.35. The number of aromatic nitrogens is 1. The highest BCUT2D eigenvalue weighted by atomic mass is 19.4. The number of amides is 1. The average Bonchev–Trinajstić information content (AvgIpc) is 2.63. The molecule has 0 aliphatic carbocycles. The summed E-state index contributed by atoms with van der Waals surface area (Å²) in [4.78, 5) is 27.0. The van der Waals surface area contributed by atoms with Crippen LogP contribution in [0.15, 0.2) is 71.8 Å². The molecule has 0 unspecified atom stereocenters. The molecule has 0 saturated heterocycles. The number of halogens is 3. The van der Waals surface area contributed by atoms with E-state index in [2.05, 4.69) is 10.3 Å². The van der Waals surface area contributed by atoms with Crippen molar-refractivity contribution in [3.8, 4) is 11.1 Å². The van der Waals surface area contributed by atoms with Gasteiger partial charge in [-0.05, 0) is 29.3 Å². The number of rotatable bonds is 3. The topological polar surface area (TPSA) is 62.0 Å². The van der Waals surface area contributed by atoms with Crippen molar-refractivity contribution < 1.29 is 18.0 Å². The quantitative estimate of drug-likeness (QED) is 0.733. The fraction of sp³-hybridized carbons (Fsp3) is 0.0526. The normalized spacial score (nSPS) is 11.2. The van der Waals surface area contributed by atoms with Crippen molar-refractivity contribution in [1.29, 1.82) is 0 Å². The molecule has 2 aromatic carbocycles. The van der Waals surface area contributed by atoms with Crippen molar-refractivity contribution in [1.82, 2.24) is 4.98 Å². The Kier molecular flexibility index (Phi) is 4.62. The fourth-order valence-corrected chi connectivity index (χ4v) is 2.48. The first kappa shape index (κ1) is 17.5. The Balaban J connectivity index is 1.95. The highest BCUT2D eigenvalue weighted by Gasteiger charge is 2.30. The second-order valence-electron chi connectivity index (χ2n) is 5.50. The minimum Gasteiger partial charge on any atom is -0.366 e. The molecule has 0 aliphatic heterocycles. The van der Waals surface area contributed by atoms with E-state index in [9.17, 15) is 22.8 Å². The Morgan fingerprint density at radius 1 is 0.962 bits per heavy atom. The van der Waals surface area contributed by atoms with Crippen LogP contribution in [0, 0.1) is 0 Å². The monoisotopic (exact) mass is 358 g/mol. The van der Waals surface area contributed by atoms with Crippen LogP contribution < -0.4 is 10.7 Å². The summed E-state index contributed by atoms with van der Waals surface area (Å²) >= 11 is 0. The fourth-order valence-electron chi connectivity index (χ4n) is 2.48. The predicted molar refractivity (Wildman–Crippen MR) is 91.9 cm³/mol. The summed E-state index contributed by atoms with van der Waals surface area (Å²) in [5.41, 5.74) is 0.134. The van der Waals surface area contributed by atoms with E-state index in [0.717, 1.165) is 12.1 Å². The number of hydrogen-bond donors (Lipinski definition) is 2. The van der Waals surface area contributed by atoms with E-state index in [0.29, 0.717) is 11.1 Å². The van der Waals surface area contributed by atoms with Crippen LogP contribution in [-0.2, 0) is 6.18 Å². The molecule has 1 aromatic heterocycles.